The summed E-state index contributed by atoms with van der Waals surface area (Å²) in [5.74, 6) is 0. The van der Waals surface area contributed by atoms with E-state index in [0.29, 0.717) is 6.04 Å². The number of rotatable bonds is 3. The average Bonchev–Trinajstić information content (AvgIpc) is 2.78. The number of halogens is 1. The van der Waals surface area contributed by atoms with Gasteiger partial charge in [0.25, 0.3) is 0 Å². The van der Waals surface area contributed by atoms with Gasteiger partial charge in [0.15, 0.2) is 0 Å². The monoisotopic (exact) mass is 278 g/mol. The second-order valence-electron chi connectivity index (χ2n) is 5.40. The summed E-state index contributed by atoms with van der Waals surface area (Å²) < 4.78 is 0. The number of aliphatic hydroxyl groups excluding tert-OH is 1. The number of H-pyrrole nitrogens is 1. The number of nitrogens with one attached hydrogen (secondary N) is 2. The lowest BCUT2D eigenvalue weighted by molar-refractivity contribution is 0.111. The Morgan fingerprint density at radius 1 is 1.37 bits per heavy atom. The normalized spacial score (nSPS) is 23.9. The second-order valence-corrected chi connectivity index (χ2v) is 5.84. The van der Waals surface area contributed by atoms with Crippen LogP contribution in [0.25, 0.3) is 10.9 Å². The summed E-state index contributed by atoms with van der Waals surface area (Å²) in [6, 6.07) is 6.36. The highest BCUT2D eigenvalue weighted by Crippen LogP contribution is 2.23. The maximum Gasteiger partial charge on any atom is 0.0555 e. The predicted molar refractivity (Wildman–Crippen MR) is 78.4 cm³/mol. The zero-order chi connectivity index (χ0) is 13.2. The largest absolute Gasteiger partial charge is 0.393 e. The van der Waals surface area contributed by atoms with E-state index in [1.54, 1.807) is 0 Å². The quantitative estimate of drug-likeness (QED) is 0.807. The third kappa shape index (κ3) is 2.94. The van der Waals surface area contributed by atoms with E-state index in [2.05, 4.69) is 16.4 Å². The average molecular weight is 279 g/mol. The van der Waals surface area contributed by atoms with Crippen molar-refractivity contribution < 1.29 is 5.11 Å². The number of aliphatic hydroxyl groups is 1. The molecular weight excluding hydrogens is 260 g/mol. The molecule has 19 heavy (non-hydrogen) atoms. The number of hydrogen-bond donors (Lipinski definition) is 3. The van der Waals surface area contributed by atoms with Crippen LogP contribution in [-0.4, -0.2) is 22.2 Å². The fourth-order valence-corrected chi connectivity index (χ4v) is 3.08. The van der Waals surface area contributed by atoms with Crippen molar-refractivity contribution >= 4 is 22.5 Å². The topological polar surface area (TPSA) is 48.0 Å². The summed E-state index contributed by atoms with van der Waals surface area (Å²) in [7, 11) is 0. The maximum absolute atomic E-state index is 9.68. The molecule has 1 fully saturated rings. The maximum atomic E-state index is 9.68. The summed E-state index contributed by atoms with van der Waals surface area (Å²) >= 11 is 5.98. The van der Waals surface area contributed by atoms with Crippen LogP contribution in [0.5, 0.6) is 0 Å². The van der Waals surface area contributed by atoms with Crippen LogP contribution in [-0.2, 0) is 6.54 Å². The van der Waals surface area contributed by atoms with E-state index in [4.69, 9.17) is 11.6 Å². The Kier molecular flexibility index (Phi) is 3.78. The van der Waals surface area contributed by atoms with Crippen LogP contribution in [0.15, 0.2) is 24.4 Å². The number of benzene rings is 1. The van der Waals surface area contributed by atoms with Gasteiger partial charge in [-0.3, -0.25) is 0 Å². The number of aromatic nitrogens is 1. The van der Waals surface area contributed by atoms with Crippen LogP contribution in [0.2, 0.25) is 5.02 Å². The van der Waals surface area contributed by atoms with E-state index in [-0.39, 0.29) is 6.10 Å². The van der Waals surface area contributed by atoms with Crippen molar-refractivity contribution in [1.82, 2.24) is 10.3 Å². The lowest BCUT2D eigenvalue weighted by Crippen LogP contribution is -2.35. The van der Waals surface area contributed by atoms with Gasteiger partial charge < -0.3 is 15.4 Å². The van der Waals surface area contributed by atoms with Crippen LogP contribution in [0, 0.1) is 0 Å². The molecule has 0 spiro atoms. The van der Waals surface area contributed by atoms with Crippen molar-refractivity contribution in [3.63, 3.8) is 0 Å². The molecule has 2 aromatic rings. The fourth-order valence-electron chi connectivity index (χ4n) is 2.91. The van der Waals surface area contributed by atoms with Crippen molar-refractivity contribution in [3.05, 3.63) is 35.0 Å². The first kappa shape index (κ1) is 13.0. The first-order valence-electron chi connectivity index (χ1n) is 6.89. The highest BCUT2D eigenvalue weighted by Gasteiger charge is 2.19. The molecule has 4 heteroatoms. The Bertz CT molecular complexity index is 566. The zero-order valence-corrected chi connectivity index (χ0v) is 11.6. The lowest BCUT2D eigenvalue weighted by Gasteiger charge is -2.26. The molecule has 1 saturated carbocycles. The smallest absolute Gasteiger partial charge is 0.0555 e. The Morgan fingerprint density at radius 2 is 2.26 bits per heavy atom. The molecule has 0 aliphatic heterocycles. The molecule has 1 heterocycles. The Hall–Kier alpha value is -1.03. The standard InChI is InChI=1S/C15H19ClN2O/c16-11-4-5-14-10(9-18-15(14)6-11)8-17-12-2-1-3-13(19)7-12/h4-6,9,12-13,17-19H,1-3,7-8H2. The molecule has 0 saturated heterocycles. The van der Waals surface area contributed by atoms with E-state index in [1.165, 1.54) is 10.9 Å². The van der Waals surface area contributed by atoms with E-state index in [0.717, 1.165) is 42.8 Å². The van der Waals surface area contributed by atoms with Crippen LogP contribution in [0.1, 0.15) is 31.2 Å². The van der Waals surface area contributed by atoms with Crippen LogP contribution < -0.4 is 5.32 Å². The lowest BCUT2D eigenvalue weighted by atomic mass is 9.93. The van der Waals surface area contributed by atoms with Crippen molar-refractivity contribution in [2.45, 2.75) is 44.4 Å². The minimum atomic E-state index is -0.131. The van der Waals surface area contributed by atoms with Gasteiger partial charge >= 0.3 is 0 Å². The molecule has 3 rings (SSSR count). The molecule has 1 aliphatic carbocycles. The van der Waals surface area contributed by atoms with Crippen molar-refractivity contribution in [1.29, 1.82) is 0 Å². The zero-order valence-electron chi connectivity index (χ0n) is 10.8. The first-order valence-corrected chi connectivity index (χ1v) is 7.27. The molecule has 3 N–H and O–H groups in total. The van der Waals surface area contributed by atoms with Gasteiger partial charge in [0.2, 0.25) is 0 Å². The van der Waals surface area contributed by atoms with Gasteiger partial charge in [-0.05, 0) is 43.4 Å². The van der Waals surface area contributed by atoms with E-state index >= 15 is 0 Å². The minimum absolute atomic E-state index is 0.131. The van der Waals surface area contributed by atoms with Gasteiger partial charge in [-0.1, -0.05) is 17.7 Å². The molecule has 3 nitrogen and oxygen atoms in total. The molecule has 0 bridgehead atoms. The Labute approximate surface area is 118 Å². The number of aromatic amines is 1. The Morgan fingerprint density at radius 3 is 3.11 bits per heavy atom. The highest BCUT2D eigenvalue weighted by molar-refractivity contribution is 6.31. The molecule has 0 amide bonds. The van der Waals surface area contributed by atoms with Gasteiger partial charge in [0.1, 0.15) is 0 Å². The van der Waals surface area contributed by atoms with Gasteiger partial charge in [0, 0.05) is 34.7 Å². The summed E-state index contributed by atoms with van der Waals surface area (Å²) in [6.07, 6.45) is 5.99. The third-order valence-corrected chi connectivity index (χ3v) is 4.19. The molecular formula is C15H19ClN2O. The fraction of sp³-hybridized carbons (Fsp3) is 0.467. The van der Waals surface area contributed by atoms with E-state index in [9.17, 15) is 5.11 Å². The van der Waals surface area contributed by atoms with Crippen molar-refractivity contribution in [2.24, 2.45) is 0 Å². The van der Waals surface area contributed by atoms with E-state index in [1.807, 2.05) is 18.3 Å². The van der Waals surface area contributed by atoms with E-state index < -0.39 is 0 Å². The number of fused-ring (bicyclic) bond motifs is 1. The third-order valence-electron chi connectivity index (χ3n) is 3.96. The molecule has 102 valence electrons. The number of hydrogen-bond acceptors (Lipinski definition) is 2. The van der Waals surface area contributed by atoms with Crippen molar-refractivity contribution in [3.8, 4) is 0 Å². The van der Waals surface area contributed by atoms with Crippen LogP contribution in [0.3, 0.4) is 0 Å². The summed E-state index contributed by atoms with van der Waals surface area (Å²) in [5, 5.41) is 15.2. The predicted octanol–water partition coefficient (Wildman–Crippen LogP) is 3.21. The van der Waals surface area contributed by atoms with Crippen LogP contribution in [0.4, 0.5) is 0 Å². The summed E-state index contributed by atoms with van der Waals surface area (Å²) in [4.78, 5) is 3.25. The Balaban J connectivity index is 1.68. The minimum Gasteiger partial charge on any atom is -0.393 e. The van der Waals surface area contributed by atoms with Crippen molar-refractivity contribution in [2.75, 3.05) is 0 Å². The summed E-state index contributed by atoms with van der Waals surface area (Å²) in [6.45, 7) is 0.832. The molecule has 2 unspecified atom stereocenters. The molecule has 0 radical (unpaired) electrons. The van der Waals surface area contributed by atoms with Gasteiger partial charge in [-0.25, -0.2) is 0 Å². The highest BCUT2D eigenvalue weighted by atomic mass is 35.5. The summed E-state index contributed by atoms with van der Waals surface area (Å²) in [5.41, 5.74) is 2.33. The van der Waals surface area contributed by atoms with Gasteiger partial charge in [-0.2, -0.15) is 0 Å². The SMILES string of the molecule is OC1CCCC(NCc2c[nH]c3cc(Cl)ccc23)C1. The van der Waals surface area contributed by atoms with Crippen LogP contribution >= 0.6 is 11.6 Å². The molecule has 1 aromatic carbocycles. The molecule has 2 atom stereocenters. The molecule has 1 aliphatic rings. The second kappa shape index (κ2) is 5.53. The molecule has 1 aromatic heterocycles. The first-order chi connectivity index (χ1) is 9.22. The van der Waals surface area contributed by atoms with Gasteiger partial charge in [-0.15, -0.1) is 0 Å². The van der Waals surface area contributed by atoms with Gasteiger partial charge in [0.05, 0.1) is 6.10 Å².